The number of aromatic nitrogens is 2. The molecule has 8 heteroatoms. The van der Waals surface area contributed by atoms with Crippen LogP contribution < -0.4 is 11.1 Å². The number of imidazole rings is 1. The predicted octanol–water partition coefficient (Wildman–Crippen LogP) is 4.27. The summed E-state index contributed by atoms with van der Waals surface area (Å²) in [6.45, 7) is 8.14. The third-order valence-corrected chi connectivity index (χ3v) is 5.63. The Bertz CT molecular complexity index is 1160. The van der Waals surface area contributed by atoms with E-state index in [9.17, 15) is 13.6 Å². The van der Waals surface area contributed by atoms with Crippen LogP contribution in [0.4, 0.5) is 20.3 Å². The summed E-state index contributed by atoms with van der Waals surface area (Å²) >= 11 is 0. The van der Waals surface area contributed by atoms with E-state index in [2.05, 4.69) is 5.32 Å². The second-order valence-corrected chi connectivity index (χ2v) is 8.88. The number of hydrogen-bond donors (Lipinski definition) is 2. The first kappa shape index (κ1) is 22.0. The molecule has 0 fully saturated rings. The van der Waals surface area contributed by atoms with Crippen LogP contribution in [0.25, 0.3) is 11.3 Å². The smallest absolute Gasteiger partial charge is 0.242 e. The standard InChI is InChI=1S/C24H27F2N5O/c1-14-11-18(12-15(2)20(14)26)28-22-21(16-5-7-17(25)8-6-16)29-19-13-30(9-10-31(19)22)23(32)24(3,4)27/h5-8,11-12,28H,9-10,13,27H2,1-4H3. The minimum Gasteiger partial charge on any atom is -0.340 e. The van der Waals surface area contributed by atoms with Crippen molar-refractivity contribution in [1.82, 2.24) is 14.5 Å². The third kappa shape index (κ3) is 4.10. The quantitative estimate of drug-likeness (QED) is 0.637. The van der Waals surface area contributed by atoms with E-state index in [1.807, 2.05) is 4.57 Å². The summed E-state index contributed by atoms with van der Waals surface area (Å²) in [5, 5.41) is 3.39. The number of hydrogen-bond acceptors (Lipinski definition) is 4. The molecule has 0 atom stereocenters. The maximum absolute atomic E-state index is 14.1. The Hall–Kier alpha value is -3.26. The Labute approximate surface area is 186 Å². The van der Waals surface area contributed by atoms with E-state index in [4.69, 9.17) is 10.7 Å². The number of carbonyl (C=O) groups is 1. The van der Waals surface area contributed by atoms with Crippen molar-refractivity contribution in [2.45, 2.75) is 46.3 Å². The zero-order valence-corrected chi connectivity index (χ0v) is 18.7. The summed E-state index contributed by atoms with van der Waals surface area (Å²) in [6, 6.07) is 9.59. The van der Waals surface area contributed by atoms with E-state index >= 15 is 0 Å². The number of benzene rings is 2. The van der Waals surface area contributed by atoms with Crippen molar-refractivity contribution in [1.29, 1.82) is 0 Å². The van der Waals surface area contributed by atoms with E-state index in [-0.39, 0.29) is 17.5 Å². The zero-order chi connectivity index (χ0) is 23.2. The largest absolute Gasteiger partial charge is 0.340 e. The number of rotatable bonds is 4. The van der Waals surface area contributed by atoms with Crippen molar-refractivity contribution >= 4 is 17.4 Å². The number of aryl methyl sites for hydroxylation is 2. The summed E-state index contributed by atoms with van der Waals surface area (Å²) in [4.78, 5) is 19.2. The van der Waals surface area contributed by atoms with Gasteiger partial charge in [0.05, 0.1) is 12.1 Å². The molecule has 32 heavy (non-hydrogen) atoms. The summed E-state index contributed by atoms with van der Waals surface area (Å²) in [6.07, 6.45) is 0. The lowest BCUT2D eigenvalue weighted by atomic mass is 10.1. The van der Waals surface area contributed by atoms with Crippen LogP contribution in [0.1, 0.15) is 30.8 Å². The molecule has 0 saturated carbocycles. The van der Waals surface area contributed by atoms with Crippen LogP contribution in [0.3, 0.4) is 0 Å². The van der Waals surface area contributed by atoms with Crippen LogP contribution in [0.5, 0.6) is 0 Å². The molecule has 0 aliphatic carbocycles. The predicted molar refractivity (Wildman–Crippen MR) is 120 cm³/mol. The van der Waals surface area contributed by atoms with Crippen molar-refractivity contribution in [2.24, 2.45) is 5.73 Å². The number of nitrogens with one attached hydrogen (secondary N) is 1. The van der Waals surface area contributed by atoms with Crippen LogP contribution >= 0.6 is 0 Å². The Kier molecular flexibility index (Phi) is 5.50. The lowest BCUT2D eigenvalue weighted by Gasteiger charge is -2.33. The molecule has 0 saturated heterocycles. The number of amides is 1. The van der Waals surface area contributed by atoms with Gasteiger partial charge < -0.3 is 20.5 Å². The van der Waals surface area contributed by atoms with Gasteiger partial charge in [-0.3, -0.25) is 4.79 Å². The molecule has 4 rings (SSSR count). The Morgan fingerprint density at radius 2 is 1.72 bits per heavy atom. The van der Waals surface area contributed by atoms with Gasteiger partial charge in [0.15, 0.2) is 0 Å². The third-order valence-electron chi connectivity index (χ3n) is 5.63. The van der Waals surface area contributed by atoms with Gasteiger partial charge in [0.1, 0.15) is 29.0 Å². The van der Waals surface area contributed by atoms with E-state index in [1.54, 1.807) is 56.9 Å². The topological polar surface area (TPSA) is 76.2 Å². The first-order valence-electron chi connectivity index (χ1n) is 10.5. The molecule has 3 aromatic rings. The van der Waals surface area contributed by atoms with E-state index in [1.165, 1.54) is 12.1 Å². The average molecular weight is 440 g/mol. The summed E-state index contributed by atoms with van der Waals surface area (Å²) in [5.74, 6) is 0.707. The van der Waals surface area contributed by atoms with Gasteiger partial charge in [-0.15, -0.1) is 0 Å². The van der Waals surface area contributed by atoms with Crippen molar-refractivity contribution in [3.8, 4) is 11.3 Å². The normalized spacial score (nSPS) is 13.8. The number of carbonyl (C=O) groups excluding carboxylic acids is 1. The van der Waals surface area contributed by atoms with Gasteiger partial charge in [-0.2, -0.15) is 0 Å². The number of halogens is 2. The fourth-order valence-corrected chi connectivity index (χ4v) is 4.00. The first-order valence-corrected chi connectivity index (χ1v) is 10.5. The minimum atomic E-state index is -0.973. The monoisotopic (exact) mass is 439 g/mol. The molecule has 0 spiro atoms. The van der Waals surface area contributed by atoms with Gasteiger partial charge in [-0.05, 0) is 75.2 Å². The highest BCUT2D eigenvalue weighted by Crippen LogP contribution is 2.34. The summed E-state index contributed by atoms with van der Waals surface area (Å²) in [5.41, 5.74) is 8.23. The minimum absolute atomic E-state index is 0.144. The van der Waals surface area contributed by atoms with E-state index < -0.39 is 5.54 Å². The molecule has 2 aromatic carbocycles. The van der Waals surface area contributed by atoms with Crippen molar-refractivity contribution in [3.05, 3.63) is 65.0 Å². The molecule has 1 amide bonds. The Balaban J connectivity index is 1.77. The Morgan fingerprint density at radius 1 is 1.09 bits per heavy atom. The van der Waals surface area contributed by atoms with Crippen LogP contribution in [0, 0.1) is 25.5 Å². The number of nitrogens with two attached hydrogens (primary N) is 1. The van der Waals surface area contributed by atoms with Crippen molar-refractivity contribution < 1.29 is 13.6 Å². The maximum atomic E-state index is 14.1. The fourth-order valence-electron chi connectivity index (χ4n) is 4.00. The molecule has 0 unspecified atom stereocenters. The molecule has 1 aromatic heterocycles. The van der Waals surface area contributed by atoms with Gasteiger partial charge in [-0.1, -0.05) is 0 Å². The highest BCUT2D eigenvalue weighted by molar-refractivity contribution is 5.85. The van der Waals surface area contributed by atoms with Gasteiger partial charge >= 0.3 is 0 Å². The Morgan fingerprint density at radius 3 is 2.31 bits per heavy atom. The van der Waals surface area contributed by atoms with Crippen LogP contribution in [-0.2, 0) is 17.9 Å². The highest BCUT2D eigenvalue weighted by atomic mass is 19.1. The van der Waals surface area contributed by atoms with Crippen LogP contribution in [-0.4, -0.2) is 32.4 Å². The maximum Gasteiger partial charge on any atom is 0.242 e. The van der Waals surface area contributed by atoms with Gasteiger partial charge in [-0.25, -0.2) is 13.8 Å². The molecule has 1 aliphatic heterocycles. The number of anilines is 2. The van der Waals surface area contributed by atoms with Gasteiger partial charge in [0.25, 0.3) is 0 Å². The molecular weight excluding hydrogens is 412 g/mol. The van der Waals surface area contributed by atoms with Crippen LogP contribution in [0.2, 0.25) is 0 Å². The van der Waals surface area contributed by atoms with E-state index in [0.717, 1.165) is 17.1 Å². The molecule has 3 N–H and O–H groups in total. The highest BCUT2D eigenvalue weighted by Gasteiger charge is 2.32. The molecule has 0 radical (unpaired) electrons. The second kappa shape index (κ2) is 8.02. The molecule has 6 nitrogen and oxygen atoms in total. The molecule has 0 bridgehead atoms. The molecule has 1 aliphatic rings. The summed E-state index contributed by atoms with van der Waals surface area (Å²) in [7, 11) is 0. The molecule has 2 heterocycles. The van der Waals surface area contributed by atoms with E-state index in [0.29, 0.717) is 42.3 Å². The lowest BCUT2D eigenvalue weighted by molar-refractivity contribution is -0.137. The fraction of sp³-hybridized carbons (Fsp3) is 0.333. The zero-order valence-electron chi connectivity index (χ0n) is 18.7. The second-order valence-electron chi connectivity index (χ2n) is 8.88. The molecular formula is C24H27F2N5O. The SMILES string of the molecule is Cc1cc(Nc2c(-c3ccc(F)cc3)nc3n2CCN(C(=O)C(C)(C)N)C3)cc(C)c1F. The van der Waals surface area contributed by atoms with Crippen molar-refractivity contribution in [3.63, 3.8) is 0 Å². The lowest BCUT2D eigenvalue weighted by Crippen LogP contribution is -2.52. The van der Waals surface area contributed by atoms with Gasteiger partial charge in [0.2, 0.25) is 5.91 Å². The summed E-state index contributed by atoms with van der Waals surface area (Å²) < 4.78 is 29.7. The average Bonchev–Trinajstić information content (AvgIpc) is 3.08. The van der Waals surface area contributed by atoms with Crippen LogP contribution in [0.15, 0.2) is 36.4 Å². The molecule has 168 valence electrons. The van der Waals surface area contributed by atoms with Gasteiger partial charge in [0, 0.05) is 24.3 Å². The van der Waals surface area contributed by atoms with Crippen molar-refractivity contribution in [2.75, 3.05) is 11.9 Å². The first-order chi connectivity index (χ1) is 15.0. The number of nitrogens with zero attached hydrogens (tertiary/aromatic N) is 3. The number of fused-ring (bicyclic) bond motifs is 1.